The van der Waals surface area contributed by atoms with Gasteiger partial charge in [-0.2, -0.15) is 0 Å². The third kappa shape index (κ3) is 4.28. The molecule has 1 aliphatic heterocycles. The van der Waals surface area contributed by atoms with Crippen LogP contribution in [0.2, 0.25) is 0 Å². The normalized spacial score (nSPS) is 18.1. The van der Waals surface area contributed by atoms with Crippen molar-refractivity contribution in [1.82, 2.24) is 5.32 Å². The van der Waals surface area contributed by atoms with Crippen molar-refractivity contribution < 1.29 is 9.53 Å². The fraction of sp³-hybridized carbons (Fsp3) is 0.923. The quantitative estimate of drug-likeness (QED) is 0.740. The van der Waals surface area contributed by atoms with Crippen LogP contribution in [0.25, 0.3) is 0 Å². The molecule has 0 bridgehead atoms. The summed E-state index contributed by atoms with van der Waals surface area (Å²) in [6.07, 6.45) is 4.40. The Morgan fingerprint density at radius 1 is 1.35 bits per heavy atom. The molecule has 1 amide bonds. The highest BCUT2D eigenvalue weighted by Crippen LogP contribution is 2.20. The molecule has 0 atom stereocenters. The van der Waals surface area contributed by atoms with Gasteiger partial charge in [0.15, 0.2) is 0 Å². The van der Waals surface area contributed by atoms with Gasteiger partial charge in [-0.15, -0.1) is 0 Å². The average molecular weight is 242 g/mol. The first-order valence-electron chi connectivity index (χ1n) is 6.74. The second-order valence-electron chi connectivity index (χ2n) is 5.00. The summed E-state index contributed by atoms with van der Waals surface area (Å²) in [6.45, 7) is 6.25. The molecule has 1 fully saturated rings. The standard InChI is InChI=1S/C13H26N2O2/c1-3-13(4-2,10-14)15-12(16)9-11-5-7-17-8-6-11/h11H,3-10,14H2,1-2H3,(H,15,16). The lowest BCUT2D eigenvalue weighted by molar-refractivity contribution is -0.124. The molecule has 0 aromatic rings. The maximum Gasteiger partial charge on any atom is 0.220 e. The second-order valence-corrected chi connectivity index (χ2v) is 5.00. The predicted molar refractivity (Wildman–Crippen MR) is 68.7 cm³/mol. The van der Waals surface area contributed by atoms with Gasteiger partial charge >= 0.3 is 0 Å². The van der Waals surface area contributed by atoms with Crippen LogP contribution in [0.3, 0.4) is 0 Å². The van der Waals surface area contributed by atoms with Crippen molar-refractivity contribution in [1.29, 1.82) is 0 Å². The van der Waals surface area contributed by atoms with E-state index in [1.165, 1.54) is 0 Å². The number of rotatable bonds is 6. The van der Waals surface area contributed by atoms with Gasteiger partial charge in [0, 0.05) is 26.2 Å². The maximum atomic E-state index is 12.0. The van der Waals surface area contributed by atoms with Gasteiger partial charge in [-0.05, 0) is 31.6 Å². The lowest BCUT2D eigenvalue weighted by atomic mass is 9.91. The highest BCUT2D eigenvalue weighted by atomic mass is 16.5. The van der Waals surface area contributed by atoms with Crippen LogP contribution in [-0.2, 0) is 9.53 Å². The molecule has 100 valence electrons. The minimum absolute atomic E-state index is 0.144. The smallest absolute Gasteiger partial charge is 0.220 e. The zero-order valence-corrected chi connectivity index (χ0v) is 11.1. The van der Waals surface area contributed by atoms with E-state index in [0.29, 0.717) is 18.9 Å². The summed E-state index contributed by atoms with van der Waals surface area (Å²) in [6, 6.07) is 0. The summed E-state index contributed by atoms with van der Waals surface area (Å²) in [5.41, 5.74) is 5.57. The third-order valence-electron chi connectivity index (χ3n) is 3.96. The van der Waals surface area contributed by atoms with Crippen LogP contribution in [-0.4, -0.2) is 31.2 Å². The van der Waals surface area contributed by atoms with E-state index < -0.39 is 0 Å². The number of hydrogen-bond acceptors (Lipinski definition) is 3. The molecule has 0 unspecified atom stereocenters. The van der Waals surface area contributed by atoms with Crippen molar-refractivity contribution >= 4 is 5.91 Å². The third-order valence-corrected chi connectivity index (χ3v) is 3.96. The molecule has 1 heterocycles. The Kier molecular flexibility index (Phi) is 5.92. The van der Waals surface area contributed by atoms with E-state index in [0.717, 1.165) is 38.9 Å². The number of hydrogen-bond donors (Lipinski definition) is 2. The van der Waals surface area contributed by atoms with Gasteiger partial charge in [-0.25, -0.2) is 0 Å². The molecule has 0 aromatic heterocycles. The lowest BCUT2D eigenvalue weighted by Crippen LogP contribution is -2.53. The largest absolute Gasteiger partial charge is 0.381 e. The molecular formula is C13H26N2O2. The topological polar surface area (TPSA) is 64.3 Å². The molecule has 4 nitrogen and oxygen atoms in total. The monoisotopic (exact) mass is 242 g/mol. The van der Waals surface area contributed by atoms with Crippen molar-refractivity contribution in [2.75, 3.05) is 19.8 Å². The van der Waals surface area contributed by atoms with Crippen LogP contribution >= 0.6 is 0 Å². The predicted octanol–water partition coefficient (Wildman–Crippen LogP) is 1.44. The first-order chi connectivity index (χ1) is 8.15. The minimum atomic E-state index is -0.206. The van der Waals surface area contributed by atoms with Crippen molar-refractivity contribution in [3.05, 3.63) is 0 Å². The van der Waals surface area contributed by atoms with Crippen LogP contribution in [0.15, 0.2) is 0 Å². The summed E-state index contributed by atoms with van der Waals surface area (Å²) < 4.78 is 5.29. The second kappa shape index (κ2) is 6.97. The minimum Gasteiger partial charge on any atom is -0.381 e. The van der Waals surface area contributed by atoms with Crippen molar-refractivity contribution in [3.63, 3.8) is 0 Å². The fourth-order valence-electron chi connectivity index (χ4n) is 2.33. The zero-order chi connectivity index (χ0) is 12.7. The van der Waals surface area contributed by atoms with Crippen LogP contribution in [0, 0.1) is 5.92 Å². The number of nitrogens with two attached hydrogens (primary N) is 1. The number of carbonyl (C=O) groups excluding carboxylic acids is 1. The van der Waals surface area contributed by atoms with E-state index in [4.69, 9.17) is 10.5 Å². The Bertz CT molecular complexity index is 225. The molecular weight excluding hydrogens is 216 g/mol. The summed E-state index contributed by atoms with van der Waals surface area (Å²) in [5.74, 6) is 0.624. The summed E-state index contributed by atoms with van der Waals surface area (Å²) >= 11 is 0. The van der Waals surface area contributed by atoms with E-state index in [1.54, 1.807) is 0 Å². The zero-order valence-electron chi connectivity index (χ0n) is 11.1. The van der Waals surface area contributed by atoms with E-state index in [-0.39, 0.29) is 11.4 Å². The Labute approximate surface area is 104 Å². The summed E-state index contributed by atoms with van der Waals surface area (Å²) in [4.78, 5) is 12.0. The van der Waals surface area contributed by atoms with Crippen LogP contribution in [0.4, 0.5) is 0 Å². The average Bonchev–Trinajstić information content (AvgIpc) is 2.37. The van der Waals surface area contributed by atoms with Crippen LogP contribution in [0.5, 0.6) is 0 Å². The van der Waals surface area contributed by atoms with Gasteiger partial charge in [0.1, 0.15) is 0 Å². The van der Waals surface area contributed by atoms with E-state index in [2.05, 4.69) is 19.2 Å². The van der Waals surface area contributed by atoms with Gasteiger partial charge in [0.05, 0.1) is 5.54 Å². The summed E-state index contributed by atoms with van der Waals surface area (Å²) in [7, 11) is 0. The van der Waals surface area contributed by atoms with Crippen molar-refractivity contribution in [2.45, 2.75) is 51.5 Å². The summed E-state index contributed by atoms with van der Waals surface area (Å²) in [5, 5.41) is 3.12. The van der Waals surface area contributed by atoms with E-state index in [9.17, 15) is 4.79 Å². The lowest BCUT2D eigenvalue weighted by Gasteiger charge is -2.32. The molecule has 0 radical (unpaired) electrons. The molecule has 1 saturated heterocycles. The van der Waals surface area contributed by atoms with Crippen LogP contribution < -0.4 is 11.1 Å². The molecule has 0 spiro atoms. The van der Waals surface area contributed by atoms with E-state index >= 15 is 0 Å². The molecule has 4 heteroatoms. The van der Waals surface area contributed by atoms with Crippen molar-refractivity contribution in [2.24, 2.45) is 11.7 Å². The maximum absolute atomic E-state index is 12.0. The van der Waals surface area contributed by atoms with Gasteiger partial charge in [-0.3, -0.25) is 4.79 Å². The van der Waals surface area contributed by atoms with Gasteiger partial charge in [0.2, 0.25) is 5.91 Å². The Morgan fingerprint density at radius 2 is 1.94 bits per heavy atom. The number of ether oxygens (including phenoxy) is 1. The van der Waals surface area contributed by atoms with Gasteiger partial charge in [-0.1, -0.05) is 13.8 Å². The molecule has 0 saturated carbocycles. The van der Waals surface area contributed by atoms with Gasteiger partial charge in [0.25, 0.3) is 0 Å². The highest BCUT2D eigenvalue weighted by Gasteiger charge is 2.27. The number of amides is 1. The number of carbonyl (C=O) groups is 1. The first-order valence-corrected chi connectivity index (χ1v) is 6.74. The molecule has 17 heavy (non-hydrogen) atoms. The molecule has 1 aliphatic rings. The van der Waals surface area contributed by atoms with Gasteiger partial charge < -0.3 is 15.8 Å². The molecule has 0 aromatic carbocycles. The first kappa shape index (κ1) is 14.5. The highest BCUT2D eigenvalue weighted by molar-refractivity contribution is 5.77. The Hall–Kier alpha value is -0.610. The SMILES string of the molecule is CCC(CC)(CN)NC(=O)CC1CCOCC1. The molecule has 3 N–H and O–H groups in total. The number of nitrogens with one attached hydrogen (secondary N) is 1. The molecule has 1 rings (SSSR count). The Balaban J connectivity index is 2.41. The van der Waals surface area contributed by atoms with Crippen LogP contribution in [0.1, 0.15) is 46.0 Å². The van der Waals surface area contributed by atoms with Crippen molar-refractivity contribution in [3.8, 4) is 0 Å². The van der Waals surface area contributed by atoms with E-state index in [1.807, 2.05) is 0 Å². The fourth-order valence-corrected chi connectivity index (χ4v) is 2.33. The Morgan fingerprint density at radius 3 is 2.41 bits per heavy atom. The molecule has 0 aliphatic carbocycles.